The van der Waals surface area contributed by atoms with Crippen molar-refractivity contribution >= 4 is 10.0 Å². The number of sulfonamides is 1. The Hall–Kier alpha value is -0.910. The molecule has 0 amide bonds. The molecule has 5 heteroatoms. The molecular formula is C18H27NO3S. The summed E-state index contributed by atoms with van der Waals surface area (Å²) in [6, 6.07) is 9.52. The van der Waals surface area contributed by atoms with Crippen molar-refractivity contribution in [1.29, 1.82) is 0 Å². The van der Waals surface area contributed by atoms with Crippen LogP contribution in [0.15, 0.2) is 30.3 Å². The van der Waals surface area contributed by atoms with Gasteiger partial charge in [-0.25, -0.2) is 13.1 Å². The van der Waals surface area contributed by atoms with Crippen molar-refractivity contribution in [2.24, 2.45) is 16.7 Å². The van der Waals surface area contributed by atoms with Crippen LogP contribution in [0.5, 0.6) is 0 Å². The van der Waals surface area contributed by atoms with Gasteiger partial charge in [-0.3, -0.25) is 0 Å². The van der Waals surface area contributed by atoms with Crippen LogP contribution in [-0.2, 0) is 16.6 Å². The Kier molecular flexibility index (Phi) is 3.90. The maximum Gasteiger partial charge on any atom is 0.212 e. The van der Waals surface area contributed by atoms with Crippen molar-refractivity contribution in [2.45, 2.75) is 52.2 Å². The monoisotopic (exact) mass is 337 g/mol. The fraction of sp³-hybridized carbons (Fsp3) is 0.667. The third kappa shape index (κ3) is 2.63. The van der Waals surface area contributed by atoms with Gasteiger partial charge in [-0.1, -0.05) is 44.2 Å². The maximum absolute atomic E-state index is 12.7. The lowest BCUT2D eigenvalue weighted by Crippen LogP contribution is -2.53. The molecular weight excluding hydrogens is 310 g/mol. The van der Waals surface area contributed by atoms with Crippen molar-refractivity contribution in [3.8, 4) is 0 Å². The van der Waals surface area contributed by atoms with Crippen LogP contribution in [0, 0.1) is 16.7 Å². The van der Waals surface area contributed by atoms with Crippen molar-refractivity contribution in [3.05, 3.63) is 35.9 Å². The summed E-state index contributed by atoms with van der Waals surface area (Å²) < 4.78 is 28.1. The Labute approximate surface area is 139 Å². The Morgan fingerprint density at radius 3 is 2.39 bits per heavy atom. The second-order valence-corrected chi connectivity index (χ2v) is 9.89. The molecule has 2 saturated carbocycles. The molecule has 2 bridgehead atoms. The standard InChI is InChI=1S/C18H27NO3S/c1-16(2)15-9-10-18(16,17(3,20)11-15)13-23(21,22)19-12-14-7-5-4-6-8-14/h4-8,15,19-20H,9-13H2,1-3H3. The average molecular weight is 337 g/mol. The second kappa shape index (κ2) is 5.30. The predicted octanol–water partition coefficient (Wildman–Crippen LogP) is 2.68. The van der Waals surface area contributed by atoms with E-state index in [0.29, 0.717) is 18.9 Å². The van der Waals surface area contributed by atoms with E-state index in [1.807, 2.05) is 37.3 Å². The lowest BCUT2D eigenvalue weighted by atomic mass is 9.65. The van der Waals surface area contributed by atoms with Crippen LogP contribution in [0.3, 0.4) is 0 Å². The van der Waals surface area contributed by atoms with Gasteiger partial charge in [-0.15, -0.1) is 0 Å². The van der Waals surface area contributed by atoms with E-state index in [2.05, 4.69) is 18.6 Å². The SMILES string of the molecule is CC1(O)CC2CCC1(CS(=O)(=O)NCc1ccccc1)C2(C)C. The van der Waals surface area contributed by atoms with Gasteiger partial charge in [0.15, 0.2) is 0 Å². The maximum atomic E-state index is 12.7. The molecule has 0 aromatic heterocycles. The summed E-state index contributed by atoms with van der Waals surface area (Å²) in [7, 11) is -3.46. The van der Waals surface area contributed by atoms with E-state index in [1.54, 1.807) is 0 Å². The normalized spacial score (nSPS) is 35.6. The first-order valence-electron chi connectivity index (χ1n) is 8.33. The lowest BCUT2D eigenvalue weighted by Gasteiger charge is -2.45. The summed E-state index contributed by atoms with van der Waals surface area (Å²) in [5, 5.41) is 10.9. The quantitative estimate of drug-likeness (QED) is 0.868. The molecule has 1 aromatic carbocycles. The molecule has 4 nitrogen and oxygen atoms in total. The van der Waals surface area contributed by atoms with Crippen LogP contribution in [0.25, 0.3) is 0 Å². The van der Waals surface area contributed by atoms with Gasteiger partial charge in [0.2, 0.25) is 10.0 Å². The van der Waals surface area contributed by atoms with Gasteiger partial charge < -0.3 is 5.11 Å². The molecule has 0 saturated heterocycles. The summed E-state index contributed by atoms with van der Waals surface area (Å²) >= 11 is 0. The molecule has 128 valence electrons. The highest BCUT2D eigenvalue weighted by atomic mass is 32.2. The van der Waals surface area contributed by atoms with E-state index >= 15 is 0 Å². The van der Waals surface area contributed by atoms with Crippen LogP contribution in [-0.4, -0.2) is 24.9 Å². The van der Waals surface area contributed by atoms with Crippen molar-refractivity contribution in [1.82, 2.24) is 4.72 Å². The summed E-state index contributed by atoms with van der Waals surface area (Å²) in [5.41, 5.74) is -0.693. The van der Waals surface area contributed by atoms with E-state index < -0.39 is 21.0 Å². The summed E-state index contributed by atoms with van der Waals surface area (Å²) in [6.07, 6.45) is 2.50. The van der Waals surface area contributed by atoms with Crippen LogP contribution in [0.1, 0.15) is 45.6 Å². The molecule has 1 aromatic rings. The van der Waals surface area contributed by atoms with Crippen LogP contribution in [0.4, 0.5) is 0 Å². The van der Waals surface area contributed by atoms with E-state index in [-0.39, 0.29) is 11.2 Å². The highest BCUT2D eigenvalue weighted by Crippen LogP contribution is 2.70. The zero-order chi connectivity index (χ0) is 16.9. The highest BCUT2D eigenvalue weighted by molar-refractivity contribution is 7.89. The summed E-state index contributed by atoms with van der Waals surface area (Å²) in [4.78, 5) is 0. The highest BCUT2D eigenvalue weighted by Gasteiger charge is 2.69. The molecule has 2 N–H and O–H groups in total. The molecule has 2 aliphatic rings. The topological polar surface area (TPSA) is 66.4 Å². The largest absolute Gasteiger partial charge is 0.390 e. The molecule has 2 fully saturated rings. The Morgan fingerprint density at radius 1 is 1.22 bits per heavy atom. The van der Waals surface area contributed by atoms with Gasteiger partial charge in [-0.2, -0.15) is 0 Å². The van der Waals surface area contributed by atoms with Crippen LogP contribution < -0.4 is 4.72 Å². The van der Waals surface area contributed by atoms with Crippen LogP contribution in [0.2, 0.25) is 0 Å². The minimum absolute atomic E-state index is 0.00331. The minimum Gasteiger partial charge on any atom is -0.390 e. The van der Waals surface area contributed by atoms with Gasteiger partial charge in [0.1, 0.15) is 0 Å². The molecule has 0 heterocycles. The van der Waals surface area contributed by atoms with Gasteiger partial charge in [0, 0.05) is 12.0 Å². The number of rotatable bonds is 5. The first-order valence-corrected chi connectivity index (χ1v) is 9.99. The first kappa shape index (κ1) is 16.9. The Morgan fingerprint density at radius 2 is 1.87 bits per heavy atom. The molecule has 0 aliphatic heterocycles. The molecule has 3 atom stereocenters. The summed E-state index contributed by atoms with van der Waals surface area (Å²) in [6.45, 7) is 6.36. The molecule has 3 rings (SSSR count). The fourth-order valence-corrected chi connectivity index (χ4v) is 7.03. The zero-order valence-electron chi connectivity index (χ0n) is 14.2. The molecule has 0 radical (unpaired) electrons. The zero-order valence-corrected chi connectivity index (χ0v) is 15.0. The fourth-order valence-electron chi connectivity index (χ4n) is 5.07. The summed E-state index contributed by atoms with van der Waals surface area (Å²) in [5.74, 6) is 0.408. The van der Waals surface area contributed by atoms with Gasteiger partial charge in [0.05, 0.1) is 11.4 Å². The third-order valence-corrected chi connectivity index (χ3v) is 8.08. The van der Waals surface area contributed by atoms with Crippen LogP contribution >= 0.6 is 0 Å². The third-order valence-electron chi connectivity index (χ3n) is 6.62. The Balaban J connectivity index is 1.79. The van der Waals surface area contributed by atoms with E-state index in [1.165, 1.54) is 0 Å². The molecule has 0 spiro atoms. The molecule has 3 unspecified atom stereocenters. The number of nitrogens with one attached hydrogen (secondary N) is 1. The van der Waals surface area contributed by atoms with Gasteiger partial charge in [0.25, 0.3) is 0 Å². The van der Waals surface area contributed by atoms with E-state index in [9.17, 15) is 13.5 Å². The van der Waals surface area contributed by atoms with Crippen molar-refractivity contribution in [3.63, 3.8) is 0 Å². The number of aliphatic hydroxyl groups is 1. The lowest BCUT2D eigenvalue weighted by molar-refractivity contribution is -0.0722. The van der Waals surface area contributed by atoms with E-state index in [4.69, 9.17) is 0 Å². The van der Waals surface area contributed by atoms with E-state index in [0.717, 1.165) is 18.4 Å². The first-order chi connectivity index (χ1) is 10.6. The average Bonchev–Trinajstić information content (AvgIpc) is 2.78. The minimum atomic E-state index is -3.46. The molecule has 2 aliphatic carbocycles. The molecule has 23 heavy (non-hydrogen) atoms. The number of hydrogen-bond donors (Lipinski definition) is 2. The smallest absolute Gasteiger partial charge is 0.212 e. The predicted molar refractivity (Wildman–Crippen MR) is 91.2 cm³/mol. The van der Waals surface area contributed by atoms with Gasteiger partial charge >= 0.3 is 0 Å². The van der Waals surface area contributed by atoms with Crippen molar-refractivity contribution < 1.29 is 13.5 Å². The van der Waals surface area contributed by atoms with Crippen molar-refractivity contribution in [2.75, 3.05) is 5.75 Å². The number of hydrogen-bond acceptors (Lipinski definition) is 3. The number of benzene rings is 1. The van der Waals surface area contributed by atoms with Gasteiger partial charge in [-0.05, 0) is 43.1 Å². The number of fused-ring (bicyclic) bond motifs is 2. The Bertz CT molecular complexity index is 681. The second-order valence-electron chi connectivity index (χ2n) is 8.08.